The molecule has 0 bridgehead atoms. The number of nitrogens with one attached hydrogen (secondary N) is 2. The molecule has 0 amide bonds. The molecule has 2 N–H and O–H groups in total. The Hall–Kier alpha value is -1.54. The van der Waals surface area contributed by atoms with E-state index in [0.717, 1.165) is 41.9 Å². The fourth-order valence-corrected chi connectivity index (χ4v) is 5.41. The number of halogens is 2. The van der Waals surface area contributed by atoms with Crippen LogP contribution in [0.3, 0.4) is 0 Å². The fourth-order valence-electron chi connectivity index (χ4n) is 3.23. The Bertz CT molecular complexity index is 1080. The third-order valence-electron chi connectivity index (χ3n) is 4.58. The van der Waals surface area contributed by atoms with Crippen molar-refractivity contribution >= 4 is 54.0 Å². The van der Waals surface area contributed by atoms with Gasteiger partial charge in [-0.3, -0.25) is 0 Å². The van der Waals surface area contributed by atoms with Crippen LogP contribution in [0.2, 0.25) is 5.02 Å². The first-order chi connectivity index (χ1) is 12.5. The van der Waals surface area contributed by atoms with E-state index in [2.05, 4.69) is 31.1 Å². The van der Waals surface area contributed by atoms with E-state index in [4.69, 9.17) is 11.6 Å². The quantitative estimate of drug-likeness (QED) is 0.631. The van der Waals surface area contributed by atoms with E-state index in [1.54, 1.807) is 24.3 Å². The van der Waals surface area contributed by atoms with Gasteiger partial charge in [-0.15, -0.1) is 0 Å². The number of hydrogen-bond acceptors (Lipinski definition) is 4. The van der Waals surface area contributed by atoms with Crippen LogP contribution >= 0.6 is 27.5 Å². The van der Waals surface area contributed by atoms with Crippen LogP contribution in [0.1, 0.15) is 0 Å². The molecule has 3 aromatic rings. The Morgan fingerprint density at radius 1 is 1.08 bits per heavy atom. The van der Waals surface area contributed by atoms with Gasteiger partial charge in [0, 0.05) is 47.8 Å². The Kier molecular flexibility index (Phi) is 4.73. The summed E-state index contributed by atoms with van der Waals surface area (Å²) in [6.45, 7) is 3.48. The highest BCUT2D eigenvalue weighted by atomic mass is 79.9. The molecule has 0 spiro atoms. The molecule has 0 unspecified atom stereocenters. The van der Waals surface area contributed by atoms with Gasteiger partial charge >= 0.3 is 0 Å². The molecule has 0 radical (unpaired) electrons. The number of fused-ring (bicyclic) bond motifs is 1. The van der Waals surface area contributed by atoms with E-state index < -0.39 is 9.84 Å². The van der Waals surface area contributed by atoms with Crippen LogP contribution in [0.15, 0.2) is 56.9 Å². The van der Waals surface area contributed by atoms with Crippen molar-refractivity contribution in [1.82, 2.24) is 10.3 Å². The smallest absolute Gasteiger partial charge is 0.208 e. The van der Waals surface area contributed by atoms with Gasteiger partial charge in [0.15, 0.2) is 0 Å². The number of piperazine rings is 1. The highest BCUT2D eigenvalue weighted by Crippen LogP contribution is 2.34. The number of rotatable bonds is 3. The molecule has 2 aromatic carbocycles. The molecular weight excluding hydrogens is 438 g/mol. The number of benzene rings is 2. The van der Waals surface area contributed by atoms with Crippen LogP contribution in [0.5, 0.6) is 0 Å². The zero-order valence-electron chi connectivity index (χ0n) is 13.8. The number of sulfone groups is 1. The number of aromatic amines is 1. The fraction of sp³-hybridized carbons (Fsp3) is 0.222. The summed E-state index contributed by atoms with van der Waals surface area (Å²) in [6.07, 6.45) is 1.53. The zero-order valence-corrected chi connectivity index (χ0v) is 17.0. The van der Waals surface area contributed by atoms with Gasteiger partial charge in [-0.25, -0.2) is 8.42 Å². The lowest BCUT2D eigenvalue weighted by Crippen LogP contribution is -2.43. The minimum Gasteiger partial charge on any atom is -0.368 e. The summed E-state index contributed by atoms with van der Waals surface area (Å²) in [5.74, 6) is 0. The van der Waals surface area contributed by atoms with E-state index in [1.807, 2.05) is 12.1 Å². The number of H-pyrrole nitrogens is 1. The highest BCUT2D eigenvalue weighted by molar-refractivity contribution is 9.10. The molecule has 1 aliphatic heterocycles. The van der Waals surface area contributed by atoms with E-state index in [9.17, 15) is 8.42 Å². The molecule has 4 rings (SSSR count). The Labute approximate surface area is 165 Å². The molecule has 26 heavy (non-hydrogen) atoms. The molecule has 2 heterocycles. The summed E-state index contributed by atoms with van der Waals surface area (Å²) in [5.41, 5.74) is 1.64. The lowest BCUT2D eigenvalue weighted by Gasteiger charge is -2.30. The van der Waals surface area contributed by atoms with Crippen molar-refractivity contribution in [3.05, 3.63) is 52.1 Å². The highest BCUT2D eigenvalue weighted by Gasteiger charge is 2.24. The Morgan fingerprint density at radius 3 is 2.58 bits per heavy atom. The van der Waals surface area contributed by atoms with Gasteiger partial charge in [0.05, 0.1) is 20.5 Å². The summed E-state index contributed by atoms with van der Waals surface area (Å²) >= 11 is 9.83. The van der Waals surface area contributed by atoms with E-state index in [1.165, 1.54) is 6.20 Å². The first-order valence-corrected chi connectivity index (χ1v) is 10.9. The molecule has 1 fully saturated rings. The SMILES string of the molecule is O=S(=O)(c1ccc(N2CCNCC2)c(Cl)c1)c1c[nH]c2ccc(Br)cc12. The molecule has 0 atom stereocenters. The van der Waals surface area contributed by atoms with E-state index in [0.29, 0.717) is 10.4 Å². The van der Waals surface area contributed by atoms with Crippen molar-refractivity contribution in [3.63, 3.8) is 0 Å². The second kappa shape index (κ2) is 6.88. The number of nitrogens with zero attached hydrogens (tertiary/aromatic N) is 1. The van der Waals surface area contributed by atoms with Gasteiger partial charge in [0.25, 0.3) is 0 Å². The zero-order chi connectivity index (χ0) is 18.3. The maximum Gasteiger partial charge on any atom is 0.208 e. The lowest BCUT2D eigenvalue weighted by atomic mass is 10.2. The topological polar surface area (TPSA) is 65.2 Å². The van der Waals surface area contributed by atoms with Crippen molar-refractivity contribution in [3.8, 4) is 0 Å². The summed E-state index contributed by atoms with van der Waals surface area (Å²) in [6, 6.07) is 10.5. The van der Waals surface area contributed by atoms with Crippen LogP contribution in [-0.4, -0.2) is 39.6 Å². The van der Waals surface area contributed by atoms with Crippen LogP contribution in [0.25, 0.3) is 10.9 Å². The van der Waals surface area contributed by atoms with Gasteiger partial charge in [0.1, 0.15) is 0 Å². The monoisotopic (exact) mass is 453 g/mol. The molecule has 8 heteroatoms. The molecule has 1 aliphatic rings. The largest absolute Gasteiger partial charge is 0.368 e. The molecule has 1 aromatic heterocycles. The van der Waals surface area contributed by atoms with Crippen molar-refractivity contribution in [2.75, 3.05) is 31.1 Å². The second-order valence-electron chi connectivity index (χ2n) is 6.20. The molecule has 5 nitrogen and oxygen atoms in total. The maximum absolute atomic E-state index is 13.1. The van der Waals surface area contributed by atoms with E-state index in [-0.39, 0.29) is 9.79 Å². The van der Waals surface area contributed by atoms with E-state index >= 15 is 0 Å². The molecule has 136 valence electrons. The predicted molar refractivity (Wildman–Crippen MR) is 108 cm³/mol. The van der Waals surface area contributed by atoms with Crippen molar-refractivity contribution in [1.29, 1.82) is 0 Å². The number of anilines is 1. The maximum atomic E-state index is 13.1. The van der Waals surface area contributed by atoms with Crippen LogP contribution in [-0.2, 0) is 9.84 Å². The van der Waals surface area contributed by atoms with Crippen molar-refractivity contribution < 1.29 is 8.42 Å². The molecule has 0 saturated carbocycles. The third kappa shape index (κ3) is 3.13. The van der Waals surface area contributed by atoms with Gasteiger partial charge in [-0.1, -0.05) is 27.5 Å². The predicted octanol–water partition coefficient (Wildman–Crippen LogP) is 3.83. The minimum absolute atomic E-state index is 0.197. The average molecular weight is 455 g/mol. The van der Waals surface area contributed by atoms with Gasteiger partial charge in [0.2, 0.25) is 9.84 Å². The van der Waals surface area contributed by atoms with Gasteiger partial charge < -0.3 is 15.2 Å². The Balaban J connectivity index is 1.76. The number of hydrogen-bond donors (Lipinski definition) is 2. The normalized spacial score (nSPS) is 15.5. The average Bonchev–Trinajstić information content (AvgIpc) is 3.06. The summed E-state index contributed by atoms with van der Waals surface area (Å²) < 4.78 is 27.1. The van der Waals surface area contributed by atoms with Gasteiger partial charge in [-0.05, 0) is 36.4 Å². The van der Waals surface area contributed by atoms with Crippen LogP contribution in [0, 0.1) is 0 Å². The molecule has 1 saturated heterocycles. The van der Waals surface area contributed by atoms with Crippen molar-refractivity contribution in [2.24, 2.45) is 0 Å². The Morgan fingerprint density at radius 2 is 1.85 bits per heavy atom. The standard InChI is InChI=1S/C18H17BrClN3O2S/c19-12-1-3-16-14(9-12)18(11-22-16)26(24,25)13-2-4-17(15(20)10-13)23-7-5-21-6-8-23/h1-4,9-11,21-22H,5-8H2. The van der Waals surface area contributed by atoms with Crippen LogP contribution < -0.4 is 10.2 Å². The minimum atomic E-state index is -3.68. The number of aromatic nitrogens is 1. The van der Waals surface area contributed by atoms with Gasteiger partial charge in [-0.2, -0.15) is 0 Å². The lowest BCUT2D eigenvalue weighted by molar-refractivity contribution is 0.588. The summed E-state index contributed by atoms with van der Waals surface area (Å²) in [4.78, 5) is 5.63. The summed E-state index contributed by atoms with van der Waals surface area (Å²) in [7, 11) is -3.68. The first kappa shape index (κ1) is 17.9. The third-order valence-corrected chi connectivity index (χ3v) is 7.17. The van der Waals surface area contributed by atoms with Crippen molar-refractivity contribution in [2.45, 2.75) is 9.79 Å². The molecular formula is C18H17BrClN3O2S. The second-order valence-corrected chi connectivity index (χ2v) is 9.44. The molecule has 0 aliphatic carbocycles. The van der Waals surface area contributed by atoms with Crippen LogP contribution in [0.4, 0.5) is 5.69 Å². The summed E-state index contributed by atoms with van der Waals surface area (Å²) in [5, 5.41) is 4.40. The first-order valence-electron chi connectivity index (χ1n) is 8.24.